The van der Waals surface area contributed by atoms with E-state index >= 15 is 0 Å². The summed E-state index contributed by atoms with van der Waals surface area (Å²) < 4.78 is 39.0. The van der Waals surface area contributed by atoms with Crippen LogP contribution in [-0.2, 0) is 14.8 Å². The second-order valence-corrected chi connectivity index (χ2v) is 6.39. The average molecular weight is 289 g/mol. The topological polar surface area (TPSA) is 74.7 Å². The first-order chi connectivity index (χ1) is 8.67. The van der Waals surface area contributed by atoms with Gasteiger partial charge in [0.15, 0.2) is 0 Å². The molecule has 0 bridgehead atoms. The molecule has 0 aliphatic rings. The van der Waals surface area contributed by atoms with Gasteiger partial charge in [0.1, 0.15) is 10.7 Å². The zero-order valence-electron chi connectivity index (χ0n) is 10.9. The molecule has 0 aromatic heterocycles. The summed E-state index contributed by atoms with van der Waals surface area (Å²) in [5.41, 5.74) is 0.287. The molecule has 0 fully saturated rings. The molecule has 1 aromatic carbocycles. The van der Waals surface area contributed by atoms with Crippen LogP contribution in [-0.4, -0.2) is 37.4 Å². The Morgan fingerprint density at radius 3 is 2.53 bits per heavy atom. The molecule has 1 rings (SSSR count). The molecule has 0 saturated carbocycles. The number of carbonyl (C=O) groups is 1. The first-order valence-corrected chi connectivity index (χ1v) is 7.06. The number of halogens is 1. The van der Waals surface area contributed by atoms with Gasteiger partial charge in [0.2, 0.25) is 10.0 Å². The van der Waals surface area contributed by atoms with Gasteiger partial charge in [-0.25, -0.2) is 12.8 Å². The molecule has 0 aliphatic carbocycles. The van der Waals surface area contributed by atoms with Gasteiger partial charge >= 0.3 is 5.97 Å². The summed E-state index contributed by atoms with van der Waals surface area (Å²) in [5.74, 6) is -2.81. The Kier molecular flexibility index (Phi) is 4.65. The van der Waals surface area contributed by atoms with Crippen molar-refractivity contribution in [3.8, 4) is 0 Å². The molecule has 0 heterocycles. The van der Waals surface area contributed by atoms with Crippen molar-refractivity contribution >= 4 is 16.0 Å². The minimum Gasteiger partial charge on any atom is -0.481 e. The maximum Gasteiger partial charge on any atom is 0.307 e. The fourth-order valence-electron chi connectivity index (χ4n) is 1.66. The van der Waals surface area contributed by atoms with Crippen LogP contribution in [0.5, 0.6) is 0 Å². The molecule has 1 unspecified atom stereocenters. The van der Waals surface area contributed by atoms with E-state index in [-0.39, 0.29) is 12.1 Å². The quantitative estimate of drug-likeness (QED) is 0.891. The number of carboxylic acid groups (broad SMARTS) is 1. The number of aliphatic carboxylic acids is 1. The molecule has 1 N–H and O–H groups in total. The maximum absolute atomic E-state index is 13.7. The van der Waals surface area contributed by atoms with Crippen molar-refractivity contribution in [3.05, 3.63) is 29.6 Å². The Bertz CT molecular complexity index is 565. The highest BCUT2D eigenvalue weighted by molar-refractivity contribution is 7.89. The van der Waals surface area contributed by atoms with Gasteiger partial charge in [-0.3, -0.25) is 4.79 Å². The van der Waals surface area contributed by atoms with Gasteiger partial charge in [0, 0.05) is 13.6 Å². The first-order valence-electron chi connectivity index (χ1n) is 5.62. The van der Waals surface area contributed by atoms with Gasteiger partial charge < -0.3 is 5.11 Å². The number of rotatable bonds is 5. The predicted octanol–water partition coefficient (Wildman–Crippen LogP) is 1.48. The summed E-state index contributed by atoms with van der Waals surface area (Å²) in [6.45, 7) is 2.67. The normalized spacial score (nSPS) is 13.5. The Balaban J connectivity index is 3.14. The van der Waals surface area contributed by atoms with Gasteiger partial charge in [-0.05, 0) is 18.6 Å². The molecule has 0 amide bonds. The standard InChI is InChI=1S/C12H16FNO4S/c1-8-5-4-6-10(13)11(8)19(17,18)14(3)7-9(2)12(15)16/h4-6,9H,7H2,1-3H3,(H,15,16). The number of carboxylic acids is 1. The van der Waals surface area contributed by atoms with Gasteiger partial charge in [0.05, 0.1) is 5.92 Å². The zero-order valence-corrected chi connectivity index (χ0v) is 11.7. The first kappa shape index (κ1) is 15.6. The van der Waals surface area contributed by atoms with Crippen LogP contribution in [0.4, 0.5) is 4.39 Å². The lowest BCUT2D eigenvalue weighted by molar-refractivity contribution is -0.141. The molecule has 0 aliphatic heterocycles. The molecule has 1 aromatic rings. The van der Waals surface area contributed by atoms with Crippen molar-refractivity contribution in [1.82, 2.24) is 4.31 Å². The summed E-state index contributed by atoms with van der Waals surface area (Å²) in [4.78, 5) is 10.3. The second-order valence-electron chi connectivity index (χ2n) is 4.41. The number of hydrogen-bond acceptors (Lipinski definition) is 3. The largest absolute Gasteiger partial charge is 0.481 e. The maximum atomic E-state index is 13.7. The lowest BCUT2D eigenvalue weighted by atomic mass is 10.2. The van der Waals surface area contributed by atoms with E-state index in [0.29, 0.717) is 0 Å². The average Bonchev–Trinajstić information content (AvgIpc) is 2.27. The Morgan fingerprint density at radius 2 is 2.05 bits per heavy atom. The van der Waals surface area contributed by atoms with Crippen LogP contribution >= 0.6 is 0 Å². The highest BCUT2D eigenvalue weighted by Gasteiger charge is 2.28. The minimum atomic E-state index is -4.03. The van der Waals surface area contributed by atoms with E-state index in [9.17, 15) is 17.6 Å². The van der Waals surface area contributed by atoms with Crippen LogP contribution in [0.15, 0.2) is 23.1 Å². The summed E-state index contributed by atoms with van der Waals surface area (Å²) in [6.07, 6.45) is 0. The van der Waals surface area contributed by atoms with E-state index in [2.05, 4.69) is 0 Å². The summed E-state index contributed by atoms with van der Waals surface area (Å²) in [5, 5.41) is 8.78. The number of benzene rings is 1. The van der Waals surface area contributed by atoms with E-state index in [1.54, 1.807) is 0 Å². The van der Waals surface area contributed by atoms with Crippen molar-refractivity contribution in [2.75, 3.05) is 13.6 Å². The van der Waals surface area contributed by atoms with Crippen LogP contribution in [0, 0.1) is 18.7 Å². The third kappa shape index (κ3) is 3.30. The minimum absolute atomic E-state index is 0.217. The monoisotopic (exact) mass is 289 g/mol. The number of sulfonamides is 1. The molecule has 106 valence electrons. The molecule has 0 saturated heterocycles. The Hall–Kier alpha value is -1.47. The van der Waals surface area contributed by atoms with Gasteiger partial charge in [-0.2, -0.15) is 4.31 Å². The summed E-state index contributed by atoms with van der Waals surface area (Å²) >= 11 is 0. The van der Waals surface area contributed by atoms with Gasteiger partial charge in [0.25, 0.3) is 0 Å². The van der Waals surface area contributed by atoms with Crippen LogP contribution in [0.1, 0.15) is 12.5 Å². The fraction of sp³-hybridized carbons (Fsp3) is 0.417. The van der Waals surface area contributed by atoms with Crippen LogP contribution < -0.4 is 0 Å². The lowest BCUT2D eigenvalue weighted by Gasteiger charge is -2.20. The third-order valence-corrected chi connectivity index (χ3v) is 4.79. The molecule has 5 nitrogen and oxygen atoms in total. The van der Waals surface area contributed by atoms with Crippen LogP contribution in [0.25, 0.3) is 0 Å². The van der Waals surface area contributed by atoms with Crippen molar-refractivity contribution in [3.63, 3.8) is 0 Å². The molecule has 1 atom stereocenters. The lowest BCUT2D eigenvalue weighted by Crippen LogP contribution is -2.34. The van der Waals surface area contributed by atoms with E-state index in [1.165, 1.54) is 33.0 Å². The van der Waals surface area contributed by atoms with Crippen molar-refractivity contribution < 1.29 is 22.7 Å². The zero-order chi connectivity index (χ0) is 14.8. The van der Waals surface area contributed by atoms with Gasteiger partial charge in [-0.15, -0.1) is 0 Å². The molecular formula is C12H16FNO4S. The smallest absolute Gasteiger partial charge is 0.307 e. The number of aryl methyl sites for hydroxylation is 1. The SMILES string of the molecule is Cc1cccc(F)c1S(=O)(=O)N(C)CC(C)C(=O)O. The predicted molar refractivity (Wildman–Crippen MR) is 67.8 cm³/mol. The second kappa shape index (κ2) is 5.66. The fourth-order valence-corrected chi connectivity index (χ4v) is 3.18. The number of hydrogen-bond donors (Lipinski definition) is 1. The van der Waals surface area contributed by atoms with Crippen LogP contribution in [0.2, 0.25) is 0 Å². The van der Waals surface area contributed by atoms with Crippen LogP contribution in [0.3, 0.4) is 0 Å². The molecular weight excluding hydrogens is 273 g/mol. The highest BCUT2D eigenvalue weighted by atomic mass is 32.2. The Labute approximate surface area is 111 Å². The van der Waals surface area contributed by atoms with E-state index in [0.717, 1.165) is 10.4 Å². The molecule has 0 radical (unpaired) electrons. The molecule has 0 spiro atoms. The van der Waals surface area contributed by atoms with Crippen molar-refractivity contribution in [2.45, 2.75) is 18.7 Å². The van der Waals surface area contributed by atoms with Crippen molar-refractivity contribution in [1.29, 1.82) is 0 Å². The van der Waals surface area contributed by atoms with E-state index < -0.39 is 32.6 Å². The third-order valence-electron chi connectivity index (χ3n) is 2.78. The summed E-state index contributed by atoms with van der Waals surface area (Å²) in [7, 11) is -2.80. The number of nitrogens with zero attached hydrogens (tertiary/aromatic N) is 1. The highest BCUT2D eigenvalue weighted by Crippen LogP contribution is 2.22. The summed E-state index contributed by atoms with van der Waals surface area (Å²) in [6, 6.07) is 3.97. The molecule has 7 heteroatoms. The molecule has 19 heavy (non-hydrogen) atoms. The van der Waals surface area contributed by atoms with E-state index in [1.807, 2.05) is 0 Å². The Morgan fingerprint density at radius 1 is 1.47 bits per heavy atom. The van der Waals surface area contributed by atoms with Gasteiger partial charge in [-0.1, -0.05) is 19.1 Å². The van der Waals surface area contributed by atoms with E-state index in [4.69, 9.17) is 5.11 Å². The van der Waals surface area contributed by atoms with Crippen molar-refractivity contribution in [2.24, 2.45) is 5.92 Å².